The van der Waals surface area contributed by atoms with Crippen LogP contribution in [0.4, 0.5) is 0 Å². The van der Waals surface area contributed by atoms with Gasteiger partial charge in [0.15, 0.2) is 0 Å². The second-order valence-corrected chi connectivity index (χ2v) is 7.53. The molecule has 3 heterocycles. The van der Waals surface area contributed by atoms with E-state index in [-0.39, 0.29) is 30.7 Å². The molecular formula is C16H22N6O3S. The Balaban J connectivity index is 1.88. The summed E-state index contributed by atoms with van der Waals surface area (Å²) in [6.45, 7) is 3.96. The Morgan fingerprint density at radius 1 is 1.42 bits per heavy atom. The van der Waals surface area contributed by atoms with Gasteiger partial charge in [-0.3, -0.25) is 14.6 Å². The van der Waals surface area contributed by atoms with E-state index in [2.05, 4.69) is 20.6 Å². The summed E-state index contributed by atoms with van der Waals surface area (Å²) in [5, 5.41) is 20.8. The van der Waals surface area contributed by atoms with E-state index in [0.717, 1.165) is 4.88 Å². The van der Waals surface area contributed by atoms with Gasteiger partial charge in [0.2, 0.25) is 11.8 Å². The predicted octanol–water partition coefficient (Wildman–Crippen LogP) is 0.306. The fourth-order valence-electron chi connectivity index (χ4n) is 3.21. The fourth-order valence-corrected chi connectivity index (χ4v) is 3.79. The first-order valence-electron chi connectivity index (χ1n) is 8.43. The summed E-state index contributed by atoms with van der Waals surface area (Å²) in [6.07, 6.45) is 2.94. The van der Waals surface area contributed by atoms with Gasteiger partial charge in [-0.15, -0.1) is 16.4 Å². The fraction of sp³-hybridized carbons (Fsp3) is 0.562. The molecule has 3 rings (SSSR count). The topological polar surface area (TPSA) is 113 Å². The largest absolute Gasteiger partial charge is 0.391 e. The van der Waals surface area contributed by atoms with Crippen molar-refractivity contribution in [1.29, 1.82) is 0 Å². The van der Waals surface area contributed by atoms with Gasteiger partial charge in [-0.25, -0.2) is 4.68 Å². The average Bonchev–Trinajstić information content (AvgIpc) is 3.33. The highest BCUT2D eigenvalue weighted by Gasteiger charge is 2.42. The van der Waals surface area contributed by atoms with Crippen LogP contribution in [0.3, 0.4) is 0 Å². The Kier molecular flexibility index (Phi) is 5.33. The molecule has 2 aromatic rings. The van der Waals surface area contributed by atoms with Gasteiger partial charge in [-0.2, -0.15) is 0 Å². The monoisotopic (exact) mass is 378 g/mol. The molecule has 0 spiro atoms. The number of β-amino-alcohol motifs (C(OH)–C–C–N with tert-alkyl or cyclic N) is 1. The van der Waals surface area contributed by atoms with Crippen molar-refractivity contribution in [2.24, 2.45) is 5.92 Å². The molecule has 2 amide bonds. The second kappa shape index (κ2) is 7.50. The Morgan fingerprint density at radius 3 is 2.81 bits per heavy atom. The second-order valence-electron chi connectivity index (χ2n) is 6.65. The molecule has 3 atom stereocenters. The zero-order valence-electron chi connectivity index (χ0n) is 14.9. The third-order valence-electron chi connectivity index (χ3n) is 4.48. The molecular weight excluding hydrogens is 356 g/mol. The van der Waals surface area contributed by atoms with Crippen molar-refractivity contribution >= 4 is 23.2 Å². The van der Waals surface area contributed by atoms with Crippen molar-refractivity contribution < 1.29 is 14.7 Å². The Bertz CT molecular complexity index is 775. The van der Waals surface area contributed by atoms with Gasteiger partial charge in [-0.05, 0) is 5.92 Å². The number of likely N-dealkylation sites (tertiary alicyclic amines) is 1. The van der Waals surface area contributed by atoms with Crippen molar-refractivity contribution in [3.63, 3.8) is 0 Å². The van der Waals surface area contributed by atoms with Crippen molar-refractivity contribution in [3.05, 3.63) is 17.9 Å². The molecule has 1 aliphatic heterocycles. The van der Waals surface area contributed by atoms with Crippen LogP contribution in [0.1, 0.15) is 26.3 Å². The first kappa shape index (κ1) is 18.5. The van der Waals surface area contributed by atoms with Crippen LogP contribution in [0, 0.1) is 5.92 Å². The molecule has 1 unspecified atom stereocenters. The molecule has 26 heavy (non-hydrogen) atoms. The number of carbonyl (C=O) groups excluding carboxylic acids is 2. The maximum Gasteiger partial charge on any atom is 0.248 e. The lowest BCUT2D eigenvalue weighted by molar-refractivity contribution is -0.142. The first-order valence-corrected chi connectivity index (χ1v) is 9.31. The van der Waals surface area contributed by atoms with Crippen LogP contribution >= 0.6 is 11.3 Å². The summed E-state index contributed by atoms with van der Waals surface area (Å²) in [4.78, 5) is 31.6. The van der Waals surface area contributed by atoms with Crippen molar-refractivity contribution in [3.8, 4) is 10.6 Å². The smallest absolute Gasteiger partial charge is 0.248 e. The number of aliphatic hydroxyl groups is 1. The average molecular weight is 378 g/mol. The first-order chi connectivity index (χ1) is 12.4. The van der Waals surface area contributed by atoms with Crippen LogP contribution in [-0.4, -0.2) is 67.5 Å². The molecule has 1 fully saturated rings. The highest BCUT2D eigenvalue weighted by atomic mass is 32.1. The van der Waals surface area contributed by atoms with Crippen LogP contribution in [0.2, 0.25) is 0 Å². The maximum atomic E-state index is 13.2. The molecule has 1 aliphatic rings. The minimum Gasteiger partial charge on any atom is -0.391 e. The maximum absolute atomic E-state index is 13.2. The number of nitrogens with one attached hydrogen (secondary N) is 1. The van der Waals surface area contributed by atoms with E-state index >= 15 is 0 Å². The lowest BCUT2D eigenvalue weighted by Gasteiger charge is -2.29. The number of aliphatic hydroxyl groups excluding tert-OH is 1. The van der Waals surface area contributed by atoms with E-state index in [1.807, 2.05) is 13.8 Å². The molecule has 0 saturated carbocycles. The van der Waals surface area contributed by atoms with Crippen LogP contribution in [0.25, 0.3) is 10.6 Å². The SMILES string of the molecule is CNC(=O)[C@@H]1C[C@@H](O)CN1C(=O)C(C(C)C)n1cc(-c2cncs2)nn1. The third-order valence-corrected chi connectivity index (χ3v) is 5.27. The van der Waals surface area contributed by atoms with E-state index in [1.165, 1.54) is 28.0 Å². The van der Waals surface area contributed by atoms with Gasteiger partial charge >= 0.3 is 0 Å². The van der Waals surface area contributed by atoms with E-state index in [1.54, 1.807) is 17.9 Å². The molecule has 1 saturated heterocycles. The normalized spacial score (nSPS) is 21.2. The summed E-state index contributed by atoms with van der Waals surface area (Å²) in [5.74, 6) is -0.589. The lowest BCUT2D eigenvalue weighted by atomic mass is 10.0. The number of nitrogens with zero attached hydrogens (tertiary/aromatic N) is 5. The number of hydrogen-bond acceptors (Lipinski definition) is 7. The molecule has 0 aliphatic carbocycles. The summed E-state index contributed by atoms with van der Waals surface area (Å²) >= 11 is 1.44. The lowest BCUT2D eigenvalue weighted by Crippen LogP contribution is -2.48. The van der Waals surface area contributed by atoms with Crippen LogP contribution in [0.5, 0.6) is 0 Å². The molecule has 0 bridgehead atoms. The van der Waals surface area contributed by atoms with Crippen molar-refractivity contribution in [1.82, 2.24) is 30.2 Å². The number of rotatable bonds is 5. The highest BCUT2D eigenvalue weighted by molar-refractivity contribution is 7.13. The summed E-state index contributed by atoms with van der Waals surface area (Å²) in [5.41, 5.74) is 2.36. The number of amides is 2. The standard InChI is InChI=1S/C16H22N6O3S/c1-9(2)14(22-7-11(19-20-22)13-5-18-8-26-13)16(25)21-6-10(23)4-12(21)15(24)17-3/h5,7-10,12,14,23H,4,6H2,1-3H3,(H,17,24)/t10-,12+,14?/m1/s1. The third kappa shape index (κ3) is 3.47. The van der Waals surface area contributed by atoms with E-state index < -0.39 is 18.2 Å². The quantitative estimate of drug-likeness (QED) is 0.774. The van der Waals surface area contributed by atoms with Gasteiger partial charge in [0.1, 0.15) is 17.8 Å². The summed E-state index contributed by atoms with van der Waals surface area (Å²) in [6, 6.07) is -1.28. The van der Waals surface area contributed by atoms with Gasteiger partial charge in [0.25, 0.3) is 0 Å². The molecule has 9 nitrogen and oxygen atoms in total. The number of likely N-dealkylation sites (N-methyl/N-ethyl adjacent to an activating group) is 1. The minimum atomic E-state index is -0.711. The van der Waals surface area contributed by atoms with E-state index in [9.17, 15) is 14.7 Å². The Labute approximate surface area is 155 Å². The van der Waals surface area contributed by atoms with E-state index in [4.69, 9.17) is 0 Å². The van der Waals surface area contributed by atoms with E-state index in [0.29, 0.717) is 5.69 Å². The molecule has 0 radical (unpaired) electrons. The summed E-state index contributed by atoms with van der Waals surface area (Å²) < 4.78 is 1.54. The Hall–Kier alpha value is -2.33. The Morgan fingerprint density at radius 2 is 2.19 bits per heavy atom. The van der Waals surface area contributed by atoms with Crippen molar-refractivity contribution in [2.45, 2.75) is 38.5 Å². The predicted molar refractivity (Wildman–Crippen MR) is 95.2 cm³/mol. The minimum absolute atomic E-state index is 0.0680. The molecule has 0 aromatic carbocycles. The number of thiazole rings is 1. The zero-order chi connectivity index (χ0) is 18.8. The molecule has 10 heteroatoms. The molecule has 2 N–H and O–H groups in total. The summed E-state index contributed by atoms with van der Waals surface area (Å²) in [7, 11) is 1.52. The van der Waals surface area contributed by atoms with Crippen LogP contribution in [0.15, 0.2) is 17.9 Å². The van der Waals surface area contributed by atoms with Gasteiger partial charge in [0, 0.05) is 26.2 Å². The molecule has 140 valence electrons. The zero-order valence-corrected chi connectivity index (χ0v) is 15.7. The molecule has 2 aromatic heterocycles. The van der Waals surface area contributed by atoms with Gasteiger partial charge in [0.05, 0.1) is 22.7 Å². The highest BCUT2D eigenvalue weighted by Crippen LogP contribution is 2.28. The van der Waals surface area contributed by atoms with Crippen molar-refractivity contribution in [2.75, 3.05) is 13.6 Å². The number of carbonyl (C=O) groups is 2. The van der Waals surface area contributed by atoms with Gasteiger partial charge < -0.3 is 15.3 Å². The van der Waals surface area contributed by atoms with Gasteiger partial charge in [-0.1, -0.05) is 19.1 Å². The van der Waals surface area contributed by atoms with Crippen LogP contribution in [-0.2, 0) is 9.59 Å². The van der Waals surface area contributed by atoms with Crippen LogP contribution < -0.4 is 5.32 Å². The number of hydrogen-bond donors (Lipinski definition) is 2. The number of aromatic nitrogens is 4.